The van der Waals surface area contributed by atoms with E-state index in [-0.39, 0.29) is 11.7 Å². The number of anilines is 1. The first kappa shape index (κ1) is 14.3. The zero-order chi connectivity index (χ0) is 14.7. The summed E-state index contributed by atoms with van der Waals surface area (Å²) in [6.07, 6.45) is 1.71. The number of benzene rings is 1. The molecule has 0 atom stereocenters. The first-order valence-electron chi connectivity index (χ1n) is 6.20. The number of H-pyrrole nitrogens is 1. The highest BCUT2D eigenvalue weighted by atomic mass is 127. The molecule has 3 aromatic rings. The van der Waals surface area contributed by atoms with E-state index in [9.17, 15) is 4.79 Å². The molecule has 5 nitrogen and oxygen atoms in total. The predicted octanol–water partition coefficient (Wildman–Crippen LogP) is 3.29. The van der Waals surface area contributed by atoms with Crippen LogP contribution in [-0.2, 0) is 4.79 Å². The molecule has 1 amide bonds. The van der Waals surface area contributed by atoms with Crippen molar-refractivity contribution in [3.63, 3.8) is 0 Å². The molecule has 21 heavy (non-hydrogen) atoms. The molecular formula is C14H11IN4OS. The van der Waals surface area contributed by atoms with E-state index in [1.165, 1.54) is 11.8 Å². The van der Waals surface area contributed by atoms with Gasteiger partial charge in [0.2, 0.25) is 5.91 Å². The lowest BCUT2D eigenvalue weighted by Crippen LogP contribution is -2.15. The second kappa shape index (κ2) is 6.44. The summed E-state index contributed by atoms with van der Waals surface area (Å²) in [5.74, 6) is 0.743. The number of aromatic amines is 1. The van der Waals surface area contributed by atoms with Crippen molar-refractivity contribution in [2.75, 3.05) is 11.1 Å². The molecule has 0 aliphatic heterocycles. The lowest BCUT2D eigenvalue weighted by molar-refractivity contribution is -0.113. The van der Waals surface area contributed by atoms with Crippen LogP contribution in [0.2, 0.25) is 0 Å². The van der Waals surface area contributed by atoms with Crippen LogP contribution in [0.25, 0.3) is 11.0 Å². The topological polar surface area (TPSA) is 70.7 Å². The summed E-state index contributed by atoms with van der Waals surface area (Å²) in [6, 6.07) is 11.5. The molecule has 0 bridgehead atoms. The summed E-state index contributed by atoms with van der Waals surface area (Å²) in [6.45, 7) is 0. The first-order valence-corrected chi connectivity index (χ1v) is 8.26. The van der Waals surface area contributed by atoms with Gasteiger partial charge in [0, 0.05) is 9.77 Å². The van der Waals surface area contributed by atoms with Gasteiger partial charge in [-0.1, -0.05) is 23.9 Å². The van der Waals surface area contributed by atoms with Crippen molar-refractivity contribution >= 4 is 57.1 Å². The lowest BCUT2D eigenvalue weighted by Gasteiger charge is -2.03. The van der Waals surface area contributed by atoms with Crippen molar-refractivity contribution in [3.05, 3.63) is 46.2 Å². The molecule has 0 saturated heterocycles. The maximum Gasteiger partial charge on any atom is 0.236 e. The molecule has 2 heterocycles. The third kappa shape index (κ3) is 3.73. The fraction of sp³-hybridized carbons (Fsp3) is 0.0714. The minimum atomic E-state index is -0.103. The molecule has 1 aromatic carbocycles. The fourth-order valence-corrected chi connectivity index (χ4v) is 2.76. The standard InChI is InChI=1S/C14H11IN4OS/c15-9-5-6-12(16-7-9)19-13(20)8-21-14-17-10-3-1-2-4-11(10)18-14/h1-7H,8H2,(H,17,18)(H,16,19,20). The summed E-state index contributed by atoms with van der Waals surface area (Å²) in [7, 11) is 0. The van der Waals surface area contributed by atoms with Crippen LogP contribution in [0.1, 0.15) is 0 Å². The van der Waals surface area contributed by atoms with Crippen LogP contribution in [0, 0.1) is 3.57 Å². The molecule has 0 saturated carbocycles. The third-order valence-electron chi connectivity index (χ3n) is 2.70. The monoisotopic (exact) mass is 410 g/mol. The van der Waals surface area contributed by atoms with Gasteiger partial charge in [-0.15, -0.1) is 0 Å². The normalized spacial score (nSPS) is 10.7. The van der Waals surface area contributed by atoms with Gasteiger partial charge in [0.1, 0.15) is 5.82 Å². The summed E-state index contributed by atoms with van der Waals surface area (Å²) < 4.78 is 1.03. The van der Waals surface area contributed by atoms with Crippen molar-refractivity contribution in [2.45, 2.75) is 5.16 Å². The van der Waals surface area contributed by atoms with Crippen LogP contribution in [0.5, 0.6) is 0 Å². The third-order valence-corrected chi connectivity index (χ3v) is 4.21. The highest BCUT2D eigenvalue weighted by molar-refractivity contribution is 14.1. The molecule has 0 fully saturated rings. The van der Waals surface area contributed by atoms with Gasteiger partial charge in [-0.2, -0.15) is 0 Å². The smallest absolute Gasteiger partial charge is 0.236 e. The van der Waals surface area contributed by atoms with Gasteiger partial charge < -0.3 is 10.3 Å². The Morgan fingerprint density at radius 3 is 2.90 bits per heavy atom. The number of fused-ring (bicyclic) bond motifs is 1. The largest absolute Gasteiger partial charge is 0.333 e. The van der Waals surface area contributed by atoms with E-state index in [2.05, 4.69) is 42.9 Å². The Morgan fingerprint density at radius 1 is 1.29 bits per heavy atom. The summed E-state index contributed by atoms with van der Waals surface area (Å²) in [4.78, 5) is 23.6. The quantitative estimate of drug-likeness (QED) is 0.512. The van der Waals surface area contributed by atoms with Crippen LogP contribution >= 0.6 is 34.4 Å². The number of hydrogen-bond donors (Lipinski definition) is 2. The average Bonchev–Trinajstić information content (AvgIpc) is 2.90. The van der Waals surface area contributed by atoms with Crippen molar-refractivity contribution in [1.82, 2.24) is 15.0 Å². The molecule has 0 spiro atoms. The Labute approximate surface area is 139 Å². The molecule has 2 N–H and O–H groups in total. The van der Waals surface area contributed by atoms with Gasteiger partial charge in [0.15, 0.2) is 5.16 Å². The molecular weight excluding hydrogens is 399 g/mol. The van der Waals surface area contributed by atoms with E-state index in [0.29, 0.717) is 5.82 Å². The number of carbonyl (C=O) groups is 1. The minimum absolute atomic E-state index is 0.103. The van der Waals surface area contributed by atoms with Crippen molar-refractivity contribution in [1.29, 1.82) is 0 Å². The van der Waals surface area contributed by atoms with E-state index in [1.54, 1.807) is 12.3 Å². The molecule has 0 aliphatic carbocycles. The first-order chi connectivity index (χ1) is 10.2. The molecule has 106 valence electrons. The Morgan fingerprint density at radius 2 is 2.14 bits per heavy atom. The van der Waals surface area contributed by atoms with E-state index in [4.69, 9.17) is 0 Å². The van der Waals surface area contributed by atoms with Gasteiger partial charge in [0.05, 0.1) is 16.8 Å². The number of nitrogens with one attached hydrogen (secondary N) is 2. The van der Waals surface area contributed by atoms with Crippen LogP contribution < -0.4 is 5.32 Å². The van der Waals surface area contributed by atoms with E-state index in [1.807, 2.05) is 30.3 Å². The average molecular weight is 410 g/mol. The Kier molecular flexibility index (Phi) is 4.39. The molecule has 2 aromatic heterocycles. The maximum atomic E-state index is 11.9. The number of halogens is 1. The van der Waals surface area contributed by atoms with Crippen molar-refractivity contribution < 1.29 is 4.79 Å². The van der Waals surface area contributed by atoms with Gasteiger partial charge in [0.25, 0.3) is 0 Å². The van der Waals surface area contributed by atoms with Crippen LogP contribution in [-0.4, -0.2) is 26.6 Å². The molecule has 0 aliphatic rings. The molecule has 7 heteroatoms. The van der Waals surface area contributed by atoms with Gasteiger partial charge in [-0.25, -0.2) is 9.97 Å². The Hall–Kier alpha value is -1.61. The summed E-state index contributed by atoms with van der Waals surface area (Å²) >= 11 is 3.54. The van der Waals surface area contributed by atoms with Gasteiger partial charge >= 0.3 is 0 Å². The lowest BCUT2D eigenvalue weighted by atomic mass is 10.3. The fourth-order valence-electron chi connectivity index (χ4n) is 1.76. The van der Waals surface area contributed by atoms with Gasteiger partial charge in [-0.05, 0) is 46.9 Å². The number of rotatable bonds is 4. The van der Waals surface area contributed by atoms with Crippen LogP contribution in [0.4, 0.5) is 5.82 Å². The number of nitrogens with zero attached hydrogens (tertiary/aromatic N) is 2. The van der Waals surface area contributed by atoms with E-state index < -0.39 is 0 Å². The van der Waals surface area contributed by atoms with Crippen molar-refractivity contribution in [3.8, 4) is 0 Å². The second-order valence-electron chi connectivity index (χ2n) is 4.26. The zero-order valence-electron chi connectivity index (χ0n) is 10.8. The molecule has 3 rings (SSSR count). The van der Waals surface area contributed by atoms with E-state index in [0.717, 1.165) is 19.8 Å². The minimum Gasteiger partial charge on any atom is -0.333 e. The second-order valence-corrected chi connectivity index (χ2v) is 6.47. The number of thioether (sulfide) groups is 1. The number of amides is 1. The zero-order valence-corrected chi connectivity index (χ0v) is 13.8. The van der Waals surface area contributed by atoms with E-state index >= 15 is 0 Å². The van der Waals surface area contributed by atoms with Gasteiger partial charge in [-0.3, -0.25) is 4.79 Å². The summed E-state index contributed by atoms with van der Waals surface area (Å²) in [5.41, 5.74) is 1.87. The number of aromatic nitrogens is 3. The maximum absolute atomic E-state index is 11.9. The molecule has 0 radical (unpaired) electrons. The Balaban J connectivity index is 1.59. The number of imidazole rings is 1. The Bertz CT molecular complexity index is 739. The highest BCUT2D eigenvalue weighted by Crippen LogP contribution is 2.19. The number of para-hydroxylation sites is 2. The SMILES string of the molecule is O=C(CSc1nc2ccccc2[nH]1)Nc1ccc(I)cn1. The molecule has 0 unspecified atom stereocenters. The van der Waals surface area contributed by atoms with Crippen molar-refractivity contribution in [2.24, 2.45) is 0 Å². The number of hydrogen-bond acceptors (Lipinski definition) is 4. The summed E-state index contributed by atoms with van der Waals surface area (Å²) in [5, 5.41) is 3.50. The van der Waals surface area contributed by atoms with Crippen LogP contribution in [0.3, 0.4) is 0 Å². The number of carbonyl (C=O) groups excluding carboxylic acids is 1. The predicted molar refractivity (Wildman–Crippen MR) is 92.4 cm³/mol. The van der Waals surface area contributed by atoms with Crippen LogP contribution in [0.15, 0.2) is 47.8 Å². The number of pyridine rings is 1. The highest BCUT2D eigenvalue weighted by Gasteiger charge is 2.07.